The molecule has 0 atom stereocenters. The highest BCUT2D eigenvalue weighted by molar-refractivity contribution is 5.94. The quantitative estimate of drug-likeness (QED) is 0.864. The van der Waals surface area contributed by atoms with Crippen molar-refractivity contribution in [1.29, 1.82) is 0 Å². The van der Waals surface area contributed by atoms with Crippen molar-refractivity contribution < 1.29 is 24.5 Å². The highest BCUT2D eigenvalue weighted by Gasteiger charge is 2.17. The molecule has 1 aromatic heterocycles. The van der Waals surface area contributed by atoms with Gasteiger partial charge in [-0.25, -0.2) is 9.78 Å². The second-order valence-electron chi connectivity index (χ2n) is 3.44. The third-order valence-electron chi connectivity index (χ3n) is 2.24. The standard InChI is InChI=1S/C12H10N2O5/c1-18-9-5-6-13-12(14-9)19-8-4-2-3-7(15)10(8)11(16)17/h2-6,15H,1H3,(H,16,17). The van der Waals surface area contributed by atoms with Crippen LogP contribution in [0.2, 0.25) is 0 Å². The average molecular weight is 262 g/mol. The molecule has 19 heavy (non-hydrogen) atoms. The Morgan fingerprint density at radius 1 is 1.32 bits per heavy atom. The van der Waals surface area contributed by atoms with Gasteiger partial charge in [0.2, 0.25) is 5.88 Å². The van der Waals surface area contributed by atoms with Gasteiger partial charge < -0.3 is 19.7 Å². The maximum atomic E-state index is 11.1. The maximum absolute atomic E-state index is 11.1. The number of carboxylic acids is 1. The first-order valence-corrected chi connectivity index (χ1v) is 5.22. The van der Waals surface area contributed by atoms with E-state index in [1.807, 2.05) is 0 Å². The molecule has 0 aliphatic rings. The van der Waals surface area contributed by atoms with Gasteiger partial charge in [0.15, 0.2) is 0 Å². The van der Waals surface area contributed by atoms with Crippen LogP contribution in [0, 0.1) is 0 Å². The lowest BCUT2D eigenvalue weighted by Gasteiger charge is -2.08. The second kappa shape index (κ2) is 5.21. The summed E-state index contributed by atoms with van der Waals surface area (Å²) in [5, 5.41) is 18.5. The smallest absolute Gasteiger partial charge is 0.343 e. The molecule has 0 saturated heterocycles. The summed E-state index contributed by atoms with van der Waals surface area (Å²) in [5.74, 6) is -1.48. The van der Waals surface area contributed by atoms with Crippen molar-refractivity contribution in [1.82, 2.24) is 9.97 Å². The highest BCUT2D eigenvalue weighted by atomic mass is 16.5. The first-order valence-electron chi connectivity index (χ1n) is 5.22. The number of hydrogen-bond acceptors (Lipinski definition) is 6. The topological polar surface area (TPSA) is 102 Å². The van der Waals surface area contributed by atoms with Crippen LogP contribution in [0.5, 0.6) is 23.4 Å². The number of aromatic nitrogens is 2. The summed E-state index contributed by atoms with van der Waals surface area (Å²) in [7, 11) is 1.43. The normalized spacial score (nSPS) is 9.95. The van der Waals surface area contributed by atoms with E-state index in [4.69, 9.17) is 14.6 Å². The Labute approximate surface area is 108 Å². The molecule has 7 nitrogen and oxygen atoms in total. The first-order chi connectivity index (χ1) is 9.11. The van der Waals surface area contributed by atoms with E-state index in [9.17, 15) is 9.90 Å². The van der Waals surface area contributed by atoms with Crippen LogP contribution in [0.1, 0.15) is 10.4 Å². The van der Waals surface area contributed by atoms with E-state index in [2.05, 4.69) is 9.97 Å². The van der Waals surface area contributed by atoms with Gasteiger partial charge in [-0.15, -0.1) is 0 Å². The van der Waals surface area contributed by atoms with Crippen LogP contribution in [-0.4, -0.2) is 33.3 Å². The number of aromatic hydroxyl groups is 1. The third-order valence-corrected chi connectivity index (χ3v) is 2.24. The SMILES string of the molecule is COc1ccnc(Oc2cccc(O)c2C(=O)O)n1. The lowest BCUT2D eigenvalue weighted by atomic mass is 10.2. The summed E-state index contributed by atoms with van der Waals surface area (Å²) in [6, 6.07) is 5.55. The molecule has 0 amide bonds. The molecule has 2 rings (SSSR count). The van der Waals surface area contributed by atoms with E-state index in [0.717, 1.165) is 0 Å². The predicted octanol–water partition coefficient (Wildman–Crippen LogP) is 1.68. The fourth-order valence-corrected chi connectivity index (χ4v) is 1.41. The predicted molar refractivity (Wildman–Crippen MR) is 63.7 cm³/mol. The Hall–Kier alpha value is -2.83. The Morgan fingerprint density at radius 2 is 2.11 bits per heavy atom. The van der Waals surface area contributed by atoms with Gasteiger partial charge in [-0.2, -0.15) is 4.98 Å². The molecule has 2 aromatic rings. The first kappa shape index (κ1) is 12.6. The van der Waals surface area contributed by atoms with Crippen LogP contribution in [-0.2, 0) is 0 Å². The fraction of sp³-hybridized carbons (Fsp3) is 0.0833. The van der Waals surface area contributed by atoms with Crippen LogP contribution in [0.15, 0.2) is 30.5 Å². The van der Waals surface area contributed by atoms with Crippen molar-refractivity contribution >= 4 is 5.97 Å². The van der Waals surface area contributed by atoms with Gasteiger partial charge in [-0.05, 0) is 12.1 Å². The van der Waals surface area contributed by atoms with Crippen molar-refractivity contribution in [3.63, 3.8) is 0 Å². The van der Waals surface area contributed by atoms with E-state index in [1.54, 1.807) is 0 Å². The highest BCUT2D eigenvalue weighted by Crippen LogP contribution is 2.30. The van der Waals surface area contributed by atoms with Gasteiger partial charge in [0.25, 0.3) is 0 Å². The van der Waals surface area contributed by atoms with Gasteiger partial charge in [0.1, 0.15) is 17.1 Å². The zero-order valence-electron chi connectivity index (χ0n) is 9.90. The Bertz CT molecular complexity index is 615. The number of benzene rings is 1. The zero-order chi connectivity index (χ0) is 13.8. The lowest BCUT2D eigenvalue weighted by molar-refractivity contribution is 0.0690. The Morgan fingerprint density at radius 3 is 2.79 bits per heavy atom. The lowest BCUT2D eigenvalue weighted by Crippen LogP contribution is -2.02. The molecule has 98 valence electrons. The molecule has 0 fully saturated rings. The summed E-state index contributed by atoms with van der Waals surface area (Å²) in [5.41, 5.74) is -0.353. The minimum Gasteiger partial charge on any atom is -0.507 e. The van der Waals surface area contributed by atoms with E-state index < -0.39 is 11.7 Å². The summed E-state index contributed by atoms with van der Waals surface area (Å²) >= 11 is 0. The molecule has 0 spiro atoms. The van der Waals surface area contributed by atoms with Crippen LogP contribution < -0.4 is 9.47 Å². The van der Waals surface area contributed by atoms with Crippen molar-refractivity contribution in [2.75, 3.05) is 7.11 Å². The summed E-state index contributed by atoms with van der Waals surface area (Å²) < 4.78 is 10.1. The Kier molecular flexibility index (Phi) is 3.46. The van der Waals surface area contributed by atoms with Crippen LogP contribution in [0.4, 0.5) is 0 Å². The molecule has 2 N–H and O–H groups in total. The van der Waals surface area contributed by atoms with Crippen molar-refractivity contribution in [3.8, 4) is 23.4 Å². The zero-order valence-corrected chi connectivity index (χ0v) is 9.90. The molecular formula is C12H10N2O5. The van der Waals surface area contributed by atoms with Gasteiger partial charge in [-0.3, -0.25) is 0 Å². The molecule has 0 unspecified atom stereocenters. The number of carboxylic acid groups (broad SMARTS) is 1. The number of aromatic carboxylic acids is 1. The van der Waals surface area contributed by atoms with Crippen molar-refractivity contribution in [2.24, 2.45) is 0 Å². The number of rotatable bonds is 4. The van der Waals surface area contributed by atoms with Crippen LogP contribution in [0.25, 0.3) is 0 Å². The van der Waals surface area contributed by atoms with Gasteiger partial charge in [0, 0.05) is 12.3 Å². The molecule has 1 heterocycles. The number of hydrogen-bond donors (Lipinski definition) is 2. The van der Waals surface area contributed by atoms with E-state index in [-0.39, 0.29) is 23.2 Å². The minimum absolute atomic E-state index is 0.0549. The number of methoxy groups -OCH3 is 1. The number of ether oxygens (including phenoxy) is 2. The van der Waals surface area contributed by atoms with Crippen molar-refractivity contribution in [3.05, 3.63) is 36.0 Å². The average Bonchev–Trinajstić information content (AvgIpc) is 2.38. The summed E-state index contributed by atoms with van der Waals surface area (Å²) in [6.45, 7) is 0. The maximum Gasteiger partial charge on any atom is 0.343 e. The second-order valence-corrected chi connectivity index (χ2v) is 3.44. The fourth-order valence-electron chi connectivity index (χ4n) is 1.41. The molecule has 0 aliphatic carbocycles. The molecule has 0 bridgehead atoms. The van der Waals surface area contributed by atoms with Gasteiger partial charge in [-0.1, -0.05) is 6.07 Å². The molecule has 0 radical (unpaired) electrons. The van der Waals surface area contributed by atoms with Gasteiger partial charge >= 0.3 is 12.0 Å². The minimum atomic E-state index is -1.31. The molecule has 1 aromatic carbocycles. The van der Waals surface area contributed by atoms with Crippen LogP contribution >= 0.6 is 0 Å². The number of carbonyl (C=O) groups is 1. The molecule has 0 aliphatic heterocycles. The molecule has 7 heteroatoms. The van der Waals surface area contributed by atoms with Crippen LogP contribution in [0.3, 0.4) is 0 Å². The van der Waals surface area contributed by atoms with Crippen molar-refractivity contribution in [2.45, 2.75) is 0 Å². The monoisotopic (exact) mass is 262 g/mol. The molecule has 0 saturated carbocycles. The van der Waals surface area contributed by atoms with E-state index in [1.165, 1.54) is 37.6 Å². The number of nitrogens with zero attached hydrogens (tertiary/aromatic N) is 2. The molecular weight excluding hydrogens is 252 g/mol. The van der Waals surface area contributed by atoms with Gasteiger partial charge in [0.05, 0.1) is 7.11 Å². The number of phenols is 1. The van der Waals surface area contributed by atoms with E-state index >= 15 is 0 Å². The third kappa shape index (κ3) is 2.71. The van der Waals surface area contributed by atoms with E-state index in [0.29, 0.717) is 0 Å². The summed E-state index contributed by atoms with van der Waals surface area (Å²) in [6.07, 6.45) is 1.41. The largest absolute Gasteiger partial charge is 0.507 e. The summed E-state index contributed by atoms with van der Waals surface area (Å²) in [4.78, 5) is 18.8. The Balaban J connectivity index is 2.38.